The topological polar surface area (TPSA) is 63.0 Å². The molecule has 1 aliphatic heterocycles. The Morgan fingerprint density at radius 3 is 2.90 bits per heavy atom. The van der Waals surface area contributed by atoms with E-state index in [0.29, 0.717) is 29.3 Å². The Labute approximate surface area is 177 Å². The molecular formula is C21H24ClF3N2O3. The minimum atomic E-state index is -4.34. The first-order chi connectivity index (χ1) is 14.2. The fourth-order valence-electron chi connectivity index (χ4n) is 4.62. The van der Waals surface area contributed by atoms with E-state index in [4.69, 9.17) is 16.3 Å². The molecule has 1 saturated heterocycles. The average molecular weight is 445 g/mol. The summed E-state index contributed by atoms with van der Waals surface area (Å²) >= 11 is 6.37. The summed E-state index contributed by atoms with van der Waals surface area (Å²) in [5.74, 6) is -1.88. The van der Waals surface area contributed by atoms with E-state index in [2.05, 4.69) is 5.32 Å². The minimum absolute atomic E-state index is 0.00626. The molecule has 1 amide bonds. The van der Waals surface area contributed by atoms with Crippen molar-refractivity contribution in [2.75, 3.05) is 19.8 Å². The van der Waals surface area contributed by atoms with Crippen LogP contribution < -0.4 is 5.32 Å². The Balaban J connectivity index is 1.55. The second kappa shape index (κ2) is 8.05. The first-order valence-corrected chi connectivity index (χ1v) is 10.5. The molecule has 0 bridgehead atoms. The summed E-state index contributed by atoms with van der Waals surface area (Å²) in [6, 6.07) is 5.24. The molecule has 2 fully saturated rings. The van der Waals surface area contributed by atoms with Crippen LogP contribution in [-0.4, -0.2) is 47.0 Å². The number of nitrogens with one attached hydrogen (secondary N) is 1. The van der Waals surface area contributed by atoms with E-state index in [9.17, 15) is 23.1 Å². The average Bonchev–Trinajstić information content (AvgIpc) is 3.34. The fraction of sp³-hybridized carbons (Fsp3) is 0.571. The molecule has 0 spiro atoms. The predicted octanol–water partition coefficient (Wildman–Crippen LogP) is 4.31. The predicted molar refractivity (Wildman–Crippen MR) is 106 cm³/mol. The number of carbonyl (C=O) groups excluding carboxylic acids is 1. The van der Waals surface area contributed by atoms with Gasteiger partial charge in [-0.15, -0.1) is 0 Å². The highest BCUT2D eigenvalue weighted by molar-refractivity contribution is 6.34. The number of aliphatic hydroxyl groups is 1. The van der Waals surface area contributed by atoms with Crippen molar-refractivity contribution in [3.63, 3.8) is 0 Å². The second-order valence-corrected chi connectivity index (χ2v) is 8.77. The number of ether oxygens (including phenoxy) is 1. The Morgan fingerprint density at radius 1 is 1.40 bits per heavy atom. The molecule has 30 heavy (non-hydrogen) atoms. The van der Waals surface area contributed by atoms with Gasteiger partial charge in [0.05, 0.1) is 34.2 Å². The zero-order chi connectivity index (χ0) is 21.5. The van der Waals surface area contributed by atoms with Gasteiger partial charge in [0.1, 0.15) is 0 Å². The minimum Gasteiger partial charge on any atom is -0.388 e. The molecule has 9 heteroatoms. The molecule has 164 valence electrons. The van der Waals surface area contributed by atoms with Gasteiger partial charge in [-0.3, -0.25) is 4.79 Å². The van der Waals surface area contributed by atoms with E-state index in [1.54, 1.807) is 18.2 Å². The third-order valence-electron chi connectivity index (χ3n) is 6.22. The van der Waals surface area contributed by atoms with Gasteiger partial charge >= 0.3 is 6.18 Å². The molecule has 1 aliphatic carbocycles. The summed E-state index contributed by atoms with van der Waals surface area (Å²) in [6.45, 7) is 0.966. The van der Waals surface area contributed by atoms with Crippen molar-refractivity contribution >= 4 is 23.0 Å². The van der Waals surface area contributed by atoms with Gasteiger partial charge in [-0.2, -0.15) is 13.2 Å². The fourth-order valence-corrected chi connectivity index (χ4v) is 4.88. The zero-order valence-electron chi connectivity index (χ0n) is 16.3. The van der Waals surface area contributed by atoms with Crippen LogP contribution >= 0.6 is 11.6 Å². The lowest BCUT2D eigenvalue weighted by molar-refractivity contribution is -0.199. The lowest BCUT2D eigenvalue weighted by atomic mass is 9.77. The maximum atomic E-state index is 13.1. The number of rotatable bonds is 4. The van der Waals surface area contributed by atoms with Crippen LogP contribution in [0, 0.1) is 5.92 Å². The SMILES string of the molecule is O=C(NCC1(O)CCCC(C(F)(F)F)C1)c1cc(C2CCOC2)n2cccc(Cl)c12. The van der Waals surface area contributed by atoms with Gasteiger partial charge in [-0.25, -0.2) is 0 Å². The summed E-state index contributed by atoms with van der Waals surface area (Å²) in [5.41, 5.74) is 0.218. The highest BCUT2D eigenvalue weighted by atomic mass is 35.5. The molecule has 3 unspecified atom stereocenters. The van der Waals surface area contributed by atoms with Gasteiger partial charge in [-0.05, 0) is 50.3 Å². The van der Waals surface area contributed by atoms with Gasteiger partial charge in [-0.1, -0.05) is 11.6 Å². The normalized spacial score (nSPS) is 27.5. The zero-order valence-corrected chi connectivity index (χ0v) is 17.1. The van der Waals surface area contributed by atoms with Gasteiger partial charge in [0, 0.05) is 31.0 Å². The number of aromatic nitrogens is 1. The van der Waals surface area contributed by atoms with Crippen LogP contribution in [0.3, 0.4) is 0 Å². The molecule has 5 nitrogen and oxygen atoms in total. The molecule has 2 aromatic rings. The lowest BCUT2D eigenvalue weighted by Crippen LogP contribution is -2.48. The highest BCUT2D eigenvalue weighted by Crippen LogP contribution is 2.41. The van der Waals surface area contributed by atoms with Crippen molar-refractivity contribution in [3.8, 4) is 0 Å². The first kappa shape index (κ1) is 21.5. The van der Waals surface area contributed by atoms with Crippen LogP contribution in [0.4, 0.5) is 13.2 Å². The van der Waals surface area contributed by atoms with Crippen LogP contribution in [0.5, 0.6) is 0 Å². The third kappa shape index (κ3) is 4.18. The van der Waals surface area contributed by atoms with Crippen LogP contribution in [-0.2, 0) is 4.74 Å². The number of halogens is 4. The van der Waals surface area contributed by atoms with E-state index in [1.807, 2.05) is 10.6 Å². The largest absolute Gasteiger partial charge is 0.391 e. The van der Waals surface area contributed by atoms with E-state index in [0.717, 1.165) is 12.1 Å². The number of nitrogens with zero attached hydrogens (tertiary/aromatic N) is 1. The van der Waals surface area contributed by atoms with Gasteiger partial charge in [0.25, 0.3) is 5.91 Å². The second-order valence-electron chi connectivity index (χ2n) is 8.36. The number of hydrogen-bond donors (Lipinski definition) is 2. The van der Waals surface area contributed by atoms with Crippen molar-refractivity contribution in [2.24, 2.45) is 5.92 Å². The first-order valence-electron chi connectivity index (χ1n) is 10.1. The Kier molecular flexibility index (Phi) is 5.76. The Hall–Kier alpha value is -1.77. The number of pyridine rings is 1. The van der Waals surface area contributed by atoms with Crippen molar-refractivity contribution in [2.45, 2.75) is 49.8 Å². The lowest BCUT2D eigenvalue weighted by Gasteiger charge is -2.37. The monoisotopic (exact) mass is 444 g/mol. The summed E-state index contributed by atoms with van der Waals surface area (Å²) in [5, 5.41) is 13.7. The van der Waals surface area contributed by atoms with E-state index in [1.165, 1.54) is 0 Å². The quantitative estimate of drug-likeness (QED) is 0.738. The van der Waals surface area contributed by atoms with Gasteiger partial charge in [0.2, 0.25) is 0 Å². The molecule has 4 rings (SSSR count). The molecule has 0 radical (unpaired) electrons. The summed E-state index contributed by atoms with van der Waals surface area (Å²) in [7, 11) is 0. The maximum absolute atomic E-state index is 13.1. The van der Waals surface area contributed by atoms with Crippen LogP contribution in [0.1, 0.15) is 54.1 Å². The van der Waals surface area contributed by atoms with Crippen LogP contribution in [0.25, 0.3) is 5.52 Å². The molecule has 1 saturated carbocycles. The molecule has 3 atom stereocenters. The van der Waals surface area contributed by atoms with E-state index < -0.39 is 30.0 Å². The Morgan fingerprint density at radius 2 is 2.20 bits per heavy atom. The molecule has 3 heterocycles. The highest BCUT2D eigenvalue weighted by Gasteiger charge is 2.47. The van der Waals surface area contributed by atoms with Crippen molar-refractivity contribution in [3.05, 3.63) is 40.7 Å². The third-order valence-corrected chi connectivity index (χ3v) is 6.53. The summed E-state index contributed by atoms with van der Waals surface area (Å²) in [6.07, 6.45) is -1.59. The van der Waals surface area contributed by atoms with Crippen molar-refractivity contribution in [1.29, 1.82) is 0 Å². The number of alkyl halides is 3. The smallest absolute Gasteiger partial charge is 0.388 e. The number of carbonyl (C=O) groups is 1. The Bertz CT molecular complexity index is 939. The molecular weight excluding hydrogens is 421 g/mol. The van der Waals surface area contributed by atoms with Gasteiger partial charge < -0.3 is 19.6 Å². The molecule has 2 N–H and O–H groups in total. The maximum Gasteiger partial charge on any atom is 0.391 e. The molecule has 2 aromatic heterocycles. The standard InChI is InChI=1S/C21H24ClF3N2O3/c22-16-4-2-7-27-17(13-5-8-30-11-13)9-15(18(16)27)19(28)26-12-20(29)6-1-3-14(10-20)21(23,24)25/h2,4,7,9,13-14,29H,1,3,5-6,8,10-12H2,(H,26,28). The number of amides is 1. The molecule has 0 aromatic carbocycles. The van der Waals surface area contributed by atoms with E-state index in [-0.39, 0.29) is 31.7 Å². The number of hydrogen-bond acceptors (Lipinski definition) is 3. The number of fused-ring (bicyclic) bond motifs is 1. The van der Waals surface area contributed by atoms with Crippen LogP contribution in [0.15, 0.2) is 24.4 Å². The van der Waals surface area contributed by atoms with Crippen molar-refractivity contribution in [1.82, 2.24) is 9.72 Å². The van der Waals surface area contributed by atoms with Crippen LogP contribution in [0.2, 0.25) is 5.02 Å². The summed E-state index contributed by atoms with van der Waals surface area (Å²) in [4.78, 5) is 13.0. The van der Waals surface area contributed by atoms with Gasteiger partial charge in [0.15, 0.2) is 0 Å². The summed E-state index contributed by atoms with van der Waals surface area (Å²) < 4.78 is 46.6. The van der Waals surface area contributed by atoms with Crippen molar-refractivity contribution < 1.29 is 27.8 Å². The van der Waals surface area contributed by atoms with E-state index >= 15 is 0 Å². The molecule has 2 aliphatic rings.